The molecule has 0 amide bonds. The van der Waals surface area contributed by atoms with Crippen molar-refractivity contribution in [1.29, 1.82) is 0 Å². The molecule has 0 heterocycles. The fraction of sp³-hybridized carbons (Fsp3) is 0.152. The molecule has 3 aromatic carbocycles. The number of hydrogen-bond acceptors (Lipinski definition) is 1. The van der Waals surface area contributed by atoms with Crippen molar-refractivity contribution in [3.05, 3.63) is 155 Å². The van der Waals surface area contributed by atoms with E-state index in [2.05, 4.69) is 133 Å². The van der Waals surface area contributed by atoms with Crippen molar-refractivity contribution >= 4 is 11.3 Å². The van der Waals surface area contributed by atoms with Gasteiger partial charge in [0.1, 0.15) is 0 Å². The van der Waals surface area contributed by atoms with Gasteiger partial charge in [0.25, 0.3) is 0 Å². The standard InChI is InChI=1S/C33H29N/c1-24-20-22-25(23-21-24)32-28-16-8-10-18-30(28)33(31-19-11-9-17-29(31)32)34(26-12-4-2-5-13-26)27-14-6-3-7-15-27/h2-6,8-14,16-23,30,33H,7,15H2,1H3. The molecule has 6 rings (SSSR count). The van der Waals surface area contributed by atoms with Crippen LogP contribution in [-0.2, 0) is 0 Å². The van der Waals surface area contributed by atoms with Gasteiger partial charge in [-0.2, -0.15) is 0 Å². The van der Waals surface area contributed by atoms with Crippen LogP contribution in [0.4, 0.5) is 5.69 Å². The summed E-state index contributed by atoms with van der Waals surface area (Å²) < 4.78 is 0. The summed E-state index contributed by atoms with van der Waals surface area (Å²) in [7, 11) is 0. The van der Waals surface area contributed by atoms with E-state index < -0.39 is 0 Å². The van der Waals surface area contributed by atoms with Crippen LogP contribution in [0.2, 0.25) is 0 Å². The Labute approximate surface area is 202 Å². The minimum Gasteiger partial charge on any atom is -0.337 e. The lowest BCUT2D eigenvalue weighted by atomic mass is 9.71. The van der Waals surface area contributed by atoms with Crippen molar-refractivity contribution in [1.82, 2.24) is 0 Å². The number of fused-ring (bicyclic) bond motifs is 2. The molecule has 3 aliphatic rings. The van der Waals surface area contributed by atoms with Crippen LogP contribution in [0.1, 0.15) is 41.1 Å². The van der Waals surface area contributed by atoms with E-state index in [9.17, 15) is 0 Å². The van der Waals surface area contributed by atoms with Crippen molar-refractivity contribution in [2.75, 3.05) is 4.90 Å². The molecule has 3 aliphatic carbocycles. The molecule has 2 unspecified atom stereocenters. The molecule has 2 atom stereocenters. The van der Waals surface area contributed by atoms with E-state index >= 15 is 0 Å². The Hall–Kier alpha value is -3.84. The molecule has 34 heavy (non-hydrogen) atoms. The Balaban J connectivity index is 1.60. The van der Waals surface area contributed by atoms with Gasteiger partial charge in [0, 0.05) is 17.3 Å². The third-order valence-corrected chi connectivity index (χ3v) is 7.20. The molecule has 0 aromatic heterocycles. The summed E-state index contributed by atoms with van der Waals surface area (Å²) in [6, 6.07) is 29.2. The molecule has 1 heteroatoms. The van der Waals surface area contributed by atoms with Gasteiger partial charge in [-0.25, -0.2) is 0 Å². The van der Waals surface area contributed by atoms with Crippen LogP contribution in [0.3, 0.4) is 0 Å². The number of benzene rings is 3. The van der Waals surface area contributed by atoms with Crippen molar-refractivity contribution in [2.24, 2.45) is 5.92 Å². The number of allylic oxidation sites excluding steroid dienone is 7. The van der Waals surface area contributed by atoms with Gasteiger partial charge in [0.2, 0.25) is 0 Å². The summed E-state index contributed by atoms with van der Waals surface area (Å²) in [6.07, 6.45) is 18.1. The summed E-state index contributed by atoms with van der Waals surface area (Å²) >= 11 is 0. The molecule has 0 saturated carbocycles. The van der Waals surface area contributed by atoms with Crippen LogP contribution < -0.4 is 4.90 Å². The lowest BCUT2D eigenvalue weighted by Crippen LogP contribution is -2.37. The minimum absolute atomic E-state index is 0.196. The smallest absolute Gasteiger partial charge is 0.0697 e. The Morgan fingerprint density at radius 3 is 2.38 bits per heavy atom. The van der Waals surface area contributed by atoms with Gasteiger partial charge < -0.3 is 4.90 Å². The van der Waals surface area contributed by atoms with E-state index in [0.29, 0.717) is 0 Å². The van der Waals surface area contributed by atoms with Crippen molar-refractivity contribution in [3.8, 4) is 0 Å². The van der Waals surface area contributed by atoms with Crippen molar-refractivity contribution in [2.45, 2.75) is 25.8 Å². The quantitative estimate of drug-likeness (QED) is 0.395. The van der Waals surface area contributed by atoms with E-state index in [1.807, 2.05) is 0 Å². The van der Waals surface area contributed by atoms with Crippen LogP contribution in [0, 0.1) is 12.8 Å². The first-order valence-corrected chi connectivity index (χ1v) is 12.3. The minimum atomic E-state index is 0.196. The zero-order valence-electron chi connectivity index (χ0n) is 19.6. The zero-order chi connectivity index (χ0) is 22.9. The predicted octanol–water partition coefficient (Wildman–Crippen LogP) is 8.33. The molecular formula is C33H29N. The van der Waals surface area contributed by atoms with Gasteiger partial charge in [-0.15, -0.1) is 0 Å². The maximum Gasteiger partial charge on any atom is 0.0697 e. The molecule has 0 saturated heterocycles. The lowest BCUT2D eigenvalue weighted by molar-refractivity contribution is 0.548. The summed E-state index contributed by atoms with van der Waals surface area (Å²) in [5.74, 6) is 0.267. The highest BCUT2D eigenvalue weighted by molar-refractivity contribution is 5.88. The Bertz CT molecular complexity index is 1350. The molecule has 0 N–H and O–H groups in total. The molecule has 166 valence electrons. The van der Waals surface area contributed by atoms with Gasteiger partial charge in [-0.3, -0.25) is 0 Å². The molecule has 3 aromatic rings. The van der Waals surface area contributed by atoms with Crippen LogP contribution in [0.15, 0.2) is 133 Å². The van der Waals surface area contributed by atoms with Crippen LogP contribution in [-0.4, -0.2) is 0 Å². The zero-order valence-corrected chi connectivity index (χ0v) is 19.6. The molecule has 0 aliphatic heterocycles. The highest BCUT2D eigenvalue weighted by Gasteiger charge is 2.39. The molecule has 0 radical (unpaired) electrons. The summed E-state index contributed by atoms with van der Waals surface area (Å²) in [5, 5.41) is 0. The fourth-order valence-electron chi connectivity index (χ4n) is 5.64. The Morgan fingerprint density at radius 1 is 0.794 bits per heavy atom. The first kappa shape index (κ1) is 20.7. The van der Waals surface area contributed by atoms with Gasteiger partial charge in [0.15, 0.2) is 0 Å². The summed E-state index contributed by atoms with van der Waals surface area (Å²) in [4.78, 5) is 2.60. The molecule has 0 spiro atoms. The molecule has 1 nitrogen and oxygen atoms in total. The summed E-state index contributed by atoms with van der Waals surface area (Å²) in [6.45, 7) is 2.16. The van der Waals surface area contributed by atoms with Crippen LogP contribution in [0.5, 0.6) is 0 Å². The predicted molar refractivity (Wildman–Crippen MR) is 144 cm³/mol. The van der Waals surface area contributed by atoms with Crippen LogP contribution in [0.25, 0.3) is 5.57 Å². The second-order valence-corrected chi connectivity index (χ2v) is 9.33. The van der Waals surface area contributed by atoms with E-state index in [1.165, 1.54) is 44.8 Å². The van der Waals surface area contributed by atoms with Gasteiger partial charge in [-0.1, -0.05) is 109 Å². The van der Waals surface area contributed by atoms with E-state index in [0.717, 1.165) is 12.8 Å². The van der Waals surface area contributed by atoms with E-state index in [-0.39, 0.29) is 12.0 Å². The first-order chi connectivity index (χ1) is 16.8. The number of rotatable bonds is 4. The van der Waals surface area contributed by atoms with Crippen molar-refractivity contribution in [3.63, 3.8) is 0 Å². The van der Waals surface area contributed by atoms with Gasteiger partial charge in [0.05, 0.1) is 6.04 Å². The first-order valence-electron chi connectivity index (χ1n) is 12.3. The van der Waals surface area contributed by atoms with E-state index in [1.54, 1.807) is 0 Å². The van der Waals surface area contributed by atoms with Gasteiger partial charge in [-0.05, 0) is 65.8 Å². The third-order valence-electron chi connectivity index (χ3n) is 7.20. The average Bonchev–Trinajstić information content (AvgIpc) is 2.90. The largest absolute Gasteiger partial charge is 0.337 e. The van der Waals surface area contributed by atoms with Crippen molar-refractivity contribution < 1.29 is 0 Å². The SMILES string of the molecule is Cc1ccc(C2=C3C=CC=CC3C(N(C3=CC=CCC3)c3ccccc3)c3ccccc32)cc1. The number of hydrogen-bond donors (Lipinski definition) is 0. The van der Waals surface area contributed by atoms with E-state index in [4.69, 9.17) is 0 Å². The summed E-state index contributed by atoms with van der Waals surface area (Å²) in [5.41, 5.74) is 10.7. The maximum atomic E-state index is 2.60. The fourth-order valence-corrected chi connectivity index (χ4v) is 5.64. The maximum absolute atomic E-state index is 2.60. The Morgan fingerprint density at radius 2 is 1.59 bits per heavy atom. The topological polar surface area (TPSA) is 3.24 Å². The number of anilines is 1. The normalized spacial score (nSPS) is 20.6. The van der Waals surface area contributed by atoms with Gasteiger partial charge >= 0.3 is 0 Å². The monoisotopic (exact) mass is 439 g/mol. The second kappa shape index (κ2) is 8.83. The average molecular weight is 440 g/mol. The second-order valence-electron chi connectivity index (χ2n) is 9.33. The van der Waals surface area contributed by atoms with Crippen LogP contribution >= 0.6 is 0 Å². The third kappa shape index (κ3) is 3.58. The Kier molecular flexibility index (Phi) is 5.39. The number of aryl methyl sites for hydroxylation is 1. The molecule has 0 fully saturated rings. The highest BCUT2D eigenvalue weighted by atomic mass is 15.2. The molecular weight excluding hydrogens is 410 g/mol. The number of para-hydroxylation sites is 1. The lowest BCUT2D eigenvalue weighted by Gasteiger charge is -2.45. The molecule has 0 bridgehead atoms. The highest BCUT2D eigenvalue weighted by Crippen LogP contribution is 2.51. The number of nitrogens with zero attached hydrogens (tertiary/aromatic N) is 1.